The van der Waals surface area contributed by atoms with Crippen molar-refractivity contribution in [3.8, 4) is 0 Å². The van der Waals surface area contributed by atoms with E-state index in [4.69, 9.17) is 9.47 Å². The summed E-state index contributed by atoms with van der Waals surface area (Å²) < 4.78 is 10.0. The molecule has 0 spiro atoms. The Morgan fingerprint density at radius 1 is 0.778 bits per heavy atom. The van der Waals surface area contributed by atoms with E-state index in [9.17, 15) is 25.2 Å². The fraction of sp³-hybridized carbons (Fsp3) is 0.950. The van der Waals surface area contributed by atoms with Crippen molar-refractivity contribution < 1.29 is 34.7 Å². The van der Waals surface area contributed by atoms with Crippen molar-refractivity contribution in [1.29, 1.82) is 0 Å². The van der Waals surface area contributed by atoms with E-state index in [1.165, 1.54) is 51.4 Å². The summed E-state index contributed by atoms with van der Waals surface area (Å²) >= 11 is 0. The Morgan fingerprint density at radius 2 is 1.30 bits per heavy atom. The third-order valence-corrected chi connectivity index (χ3v) is 5.08. The van der Waals surface area contributed by atoms with E-state index < -0.39 is 36.7 Å². The molecule has 27 heavy (non-hydrogen) atoms. The number of unbranched alkanes of at least 4 members (excludes halogenated alkanes) is 10. The molecule has 0 bridgehead atoms. The van der Waals surface area contributed by atoms with Crippen LogP contribution in [-0.2, 0) is 14.3 Å². The molecule has 1 saturated heterocycles. The molecule has 1 fully saturated rings. The second-order valence-electron chi connectivity index (χ2n) is 7.51. The fourth-order valence-electron chi connectivity index (χ4n) is 3.25. The minimum atomic E-state index is -1.61. The first-order chi connectivity index (χ1) is 13.0. The molecule has 1 rings (SSSR count). The zero-order valence-electron chi connectivity index (χ0n) is 16.6. The van der Waals surface area contributed by atoms with Crippen LogP contribution in [0.25, 0.3) is 0 Å². The average Bonchev–Trinajstić information content (AvgIpc) is 2.66. The van der Waals surface area contributed by atoms with E-state index in [0.29, 0.717) is 6.42 Å². The summed E-state index contributed by atoms with van der Waals surface area (Å²) in [5, 5.41) is 38.2. The smallest absolute Gasteiger partial charge is 0.305 e. The summed E-state index contributed by atoms with van der Waals surface area (Å²) in [6.07, 6.45) is 6.32. The van der Waals surface area contributed by atoms with Crippen LogP contribution >= 0.6 is 0 Å². The van der Waals surface area contributed by atoms with Crippen LogP contribution in [0.15, 0.2) is 0 Å². The summed E-state index contributed by atoms with van der Waals surface area (Å²) in [7, 11) is 0. The van der Waals surface area contributed by atoms with E-state index in [-0.39, 0.29) is 6.61 Å². The first-order valence-electron chi connectivity index (χ1n) is 10.5. The Kier molecular flexibility index (Phi) is 12.9. The quantitative estimate of drug-likeness (QED) is 0.265. The Balaban J connectivity index is 1.99. The molecule has 1 aliphatic rings. The zero-order valence-corrected chi connectivity index (χ0v) is 16.6. The first kappa shape index (κ1) is 24.3. The molecular formula is C20H38O7. The number of aliphatic hydroxyl groups excluding tert-OH is 4. The van der Waals surface area contributed by atoms with Crippen molar-refractivity contribution in [3.63, 3.8) is 0 Å². The molecule has 0 saturated carbocycles. The third kappa shape index (κ3) is 9.85. The highest BCUT2D eigenvalue weighted by Gasteiger charge is 2.43. The minimum absolute atomic E-state index is 0.265. The van der Waals surface area contributed by atoms with Gasteiger partial charge in [-0.1, -0.05) is 71.1 Å². The van der Waals surface area contributed by atoms with Crippen molar-refractivity contribution in [3.05, 3.63) is 0 Å². The van der Waals surface area contributed by atoms with Crippen molar-refractivity contribution in [2.45, 2.75) is 115 Å². The SMILES string of the molecule is CCCCCCCCCCCCCC(=O)OC[C@H]1O[C@H](O)[C@H](O)[C@@H](O)[C@H]1O. The van der Waals surface area contributed by atoms with Gasteiger partial charge in [0.2, 0.25) is 0 Å². The lowest BCUT2D eigenvalue weighted by Crippen LogP contribution is -2.58. The topological polar surface area (TPSA) is 116 Å². The predicted molar refractivity (Wildman–Crippen MR) is 101 cm³/mol. The van der Waals surface area contributed by atoms with Crippen molar-refractivity contribution >= 4 is 5.97 Å². The van der Waals surface area contributed by atoms with Crippen LogP contribution in [0.2, 0.25) is 0 Å². The lowest BCUT2D eigenvalue weighted by molar-refractivity contribution is -0.287. The maximum absolute atomic E-state index is 11.7. The second kappa shape index (κ2) is 14.3. The van der Waals surface area contributed by atoms with Crippen molar-refractivity contribution in [2.75, 3.05) is 6.61 Å². The predicted octanol–water partition coefficient (Wildman–Crippen LogP) is 2.03. The molecule has 1 heterocycles. The van der Waals surface area contributed by atoms with Gasteiger partial charge in [0.15, 0.2) is 6.29 Å². The number of hydrogen-bond acceptors (Lipinski definition) is 7. The van der Waals surface area contributed by atoms with E-state index in [1.807, 2.05) is 0 Å². The Bertz CT molecular complexity index is 391. The van der Waals surface area contributed by atoms with Gasteiger partial charge < -0.3 is 29.9 Å². The van der Waals surface area contributed by atoms with Gasteiger partial charge in [-0.05, 0) is 6.42 Å². The highest BCUT2D eigenvalue weighted by atomic mass is 16.6. The Morgan fingerprint density at radius 3 is 1.85 bits per heavy atom. The Labute approximate surface area is 162 Å². The Hall–Kier alpha value is -0.730. The number of aliphatic hydroxyl groups is 4. The van der Waals surface area contributed by atoms with E-state index in [0.717, 1.165) is 19.3 Å². The van der Waals surface area contributed by atoms with Crippen LogP contribution in [0.1, 0.15) is 84.0 Å². The van der Waals surface area contributed by atoms with Gasteiger partial charge in [0, 0.05) is 6.42 Å². The standard InChI is InChI=1S/C20H38O7/c1-2-3-4-5-6-7-8-9-10-11-12-13-16(21)26-14-15-17(22)18(23)19(24)20(25)27-15/h15,17-20,22-25H,2-14H2,1H3/t15-,17+,18+,19-,20+/m1/s1. The number of carbonyl (C=O) groups is 1. The van der Waals surface area contributed by atoms with Gasteiger partial charge in [0.1, 0.15) is 31.0 Å². The maximum atomic E-state index is 11.7. The summed E-state index contributed by atoms with van der Waals surface area (Å²) in [6.45, 7) is 1.96. The van der Waals surface area contributed by atoms with Gasteiger partial charge in [-0.2, -0.15) is 0 Å². The van der Waals surface area contributed by atoms with Gasteiger partial charge >= 0.3 is 5.97 Å². The largest absolute Gasteiger partial charge is 0.463 e. The van der Waals surface area contributed by atoms with Crippen LogP contribution in [-0.4, -0.2) is 63.7 Å². The van der Waals surface area contributed by atoms with Crippen LogP contribution in [0.4, 0.5) is 0 Å². The molecule has 0 radical (unpaired) electrons. The summed E-state index contributed by atoms with van der Waals surface area (Å²) in [5.74, 6) is -0.392. The normalized spacial score (nSPS) is 28.3. The van der Waals surface area contributed by atoms with Gasteiger partial charge in [0.25, 0.3) is 0 Å². The molecule has 7 heteroatoms. The third-order valence-electron chi connectivity index (χ3n) is 5.08. The maximum Gasteiger partial charge on any atom is 0.305 e. The number of rotatable bonds is 14. The lowest BCUT2D eigenvalue weighted by atomic mass is 9.99. The molecule has 0 aliphatic carbocycles. The molecule has 4 N–H and O–H groups in total. The van der Waals surface area contributed by atoms with Crippen LogP contribution in [0.3, 0.4) is 0 Å². The molecular weight excluding hydrogens is 352 g/mol. The van der Waals surface area contributed by atoms with E-state index in [2.05, 4.69) is 6.92 Å². The molecule has 0 aromatic heterocycles. The number of esters is 1. The molecule has 0 aromatic rings. The lowest BCUT2D eigenvalue weighted by Gasteiger charge is -2.37. The molecule has 0 unspecified atom stereocenters. The fourth-order valence-corrected chi connectivity index (χ4v) is 3.25. The molecule has 1 aliphatic heterocycles. The molecule has 0 amide bonds. The molecule has 160 valence electrons. The van der Waals surface area contributed by atoms with Crippen LogP contribution in [0.5, 0.6) is 0 Å². The number of carbonyl (C=O) groups excluding carboxylic acids is 1. The summed E-state index contributed by atoms with van der Waals surface area (Å²) in [6, 6.07) is 0. The van der Waals surface area contributed by atoms with Gasteiger partial charge in [-0.3, -0.25) is 4.79 Å². The highest BCUT2D eigenvalue weighted by molar-refractivity contribution is 5.69. The zero-order chi connectivity index (χ0) is 20.1. The van der Waals surface area contributed by atoms with E-state index >= 15 is 0 Å². The molecule has 7 nitrogen and oxygen atoms in total. The van der Waals surface area contributed by atoms with Crippen LogP contribution < -0.4 is 0 Å². The van der Waals surface area contributed by atoms with Gasteiger partial charge in [-0.25, -0.2) is 0 Å². The average molecular weight is 391 g/mol. The number of ether oxygens (including phenoxy) is 2. The highest BCUT2D eigenvalue weighted by Crippen LogP contribution is 2.20. The van der Waals surface area contributed by atoms with Crippen LogP contribution in [0, 0.1) is 0 Å². The molecule has 0 aromatic carbocycles. The van der Waals surface area contributed by atoms with Gasteiger partial charge in [0.05, 0.1) is 0 Å². The summed E-state index contributed by atoms with van der Waals surface area (Å²) in [4.78, 5) is 11.7. The second-order valence-corrected chi connectivity index (χ2v) is 7.51. The van der Waals surface area contributed by atoms with Crippen molar-refractivity contribution in [2.24, 2.45) is 0 Å². The first-order valence-corrected chi connectivity index (χ1v) is 10.5. The van der Waals surface area contributed by atoms with E-state index in [1.54, 1.807) is 0 Å². The van der Waals surface area contributed by atoms with Gasteiger partial charge in [-0.15, -0.1) is 0 Å². The van der Waals surface area contributed by atoms with Crippen molar-refractivity contribution in [1.82, 2.24) is 0 Å². The monoisotopic (exact) mass is 390 g/mol. The molecule has 5 atom stereocenters. The number of hydrogen-bond donors (Lipinski definition) is 4. The minimum Gasteiger partial charge on any atom is -0.463 e. The summed E-state index contributed by atoms with van der Waals surface area (Å²) in [5.41, 5.74) is 0.